The molecule has 84 valence electrons. The molecule has 1 N–H and O–H groups in total. The van der Waals surface area contributed by atoms with E-state index in [1.807, 2.05) is 24.3 Å². The molecule has 1 aromatic carbocycles. The lowest BCUT2D eigenvalue weighted by molar-refractivity contribution is 1.01. The van der Waals surface area contributed by atoms with Crippen LogP contribution >= 0.6 is 0 Å². The minimum absolute atomic E-state index is 0.449. The summed E-state index contributed by atoms with van der Waals surface area (Å²) in [6.07, 6.45) is 5.51. The van der Waals surface area contributed by atoms with Gasteiger partial charge in [-0.25, -0.2) is 0 Å². The normalized spacial score (nSPS) is 9.59. The Bertz CT molecular complexity index is 499. The van der Waals surface area contributed by atoms with Crippen molar-refractivity contribution in [3.05, 3.63) is 54.1 Å². The first-order chi connectivity index (χ1) is 8.38. The van der Waals surface area contributed by atoms with E-state index in [2.05, 4.69) is 21.4 Å². The van der Waals surface area contributed by atoms with Gasteiger partial charge in [0.15, 0.2) is 0 Å². The van der Waals surface area contributed by atoms with Crippen molar-refractivity contribution in [3.8, 4) is 6.07 Å². The summed E-state index contributed by atoms with van der Waals surface area (Å²) < 4.78 is 0. The van der Waals surface area contributed by atoms with Crippen LogP contribution in [0.15, 0.2) is 42.9 Å². The van der Waals surface area contributed by atoms with Crippen molar-refractivity contribution in [2.24, 2.45) is 0 Å². The first-order valence-electron chi connectivity index (χ1n) is 5.33. The molecule has 2 aromatic rings. The molecular formula is C13H12N4. The maximum absolute atomic E-state index is 8.56. The highest BCUT2D eigenvalue weighted by atomic mass is 14.9. The average Bonchev–Trinajstić information content (AvgIpc) is 2.40. The topological polar surface area (TPSA) is 61.6 Å². The first kappa shape index (κ1) is 11.1. The zero-order valence-electron chi connectivity index (χ0n) is 9.30. The van der Waals surface area contributed by atoms with Crippen molar-refractivity contribution in [2.75, 3.05) is 5.32 Å². The monoisotopic (exact) mass is 224 g/mol. The molecule has 0 spiro atoms. The van der Waals surface area contributed by atoms with E-state index in [4.69, 9.17) is 5.26 Å². The van der Waals surface area contributed by atoms with E-state index in [1.165, 1.54) is 0 Å². The van der Waals surface area contributed by atoms with E-state index in [0.29, 0.717) is 13.0 Å². The van der Waals surface area contributed by atoms with Crippen LogP contribution in [0.25, 0.3) is 0 Å². The highest BCUT2D eigenvalue weighted by molar-refractivity contribution is 5.45. The van der Waals surface area contributed by atoms with Gasteiger partial charge in [0.1, 0.15) is 0 Å². The van der Waals surface area contributed by atoms with Gasteiger partial charge in [0, 0.05) is 18.1 Å². The van der Waals surface area contributed by atoms with Crippen LogP contribution in [-0.2, 0) is 13.0 Å². The van der Waals surface area contributed by atoms with Crippen molar-refractivity contribution in [2.45, 2.75) is 13.0 Å². The van der Waals surface area contributed by atoms with Crippen molar-refractivity contribution in [3.63, 3.8) is 0 Å². The molecule has 1 aromatic heterocycles. The van der Waals surface area contributed by atoms with Crippen LogP contribution < -0.4 is 5.32 Å². The molecule has 0 amide bonds. The first-order valence-corrected chi connectivity index (χ1v) is 5.33. The predicted octanol–water partition coefficient (Wildman–Crippen LogP) is 2.15. The van der Waals surface area contributed by atoms with Crippen molar-refractivity contribution in [1.82, 2.24) is 9.97 Å². The molecule has 4 heteroatoms. The quantitative estimate of drug-likeness (QED) is 0.864. The summed E-state index contributed by atoms with van der Waals surface area (Å²) in [5.41, 5.74) is 2.93. The fourth-order valence-electron chi connectivity index (χ4n) is 1.45. The molecule has 0 aliphatic rings. The summed E-state index contributed by atoms with van der Waals surface area (Å²) >= 11 is 0. The number of nitrogens with zero attached hydrogens (tertiary/aromatic N) is 3. The van der Waals surface area contributed by atoms with Gasteiger partial charge in [-0.3, -0.25) is 9.97 Å². The number of hydrogen-bond donors (Lipinski definition) is 1. The van der Waals surface area contributed by atoms with E-state index in [0.717, 1.165) is 16.9 Å². The minimum Gasteiger partial charge on any atom is -0.379 e. The molecule has 0 aliphatic heterocycles. The molecule has 0 radical (unpaired) electrons. The molecule has 0 aliphatic carbocycles. The van der Waals surface area contributed by atoms with Gasteiger partial charge in [0.2, 0.25) is 0 Å². The third-order valence-corrected chi connectivity index (χ3v) is 2.33. The molecule has 17 heavy (non-hydrogen) atoms. The highest BCUT2D eigenvalue weighted by Crippen LogP contribution is 2.10. The molecular weight excluding hydrogens is 212 g/mol. The Morgan fingerprint density at radius 3 is 2.65 bits per heavy atom. The van der Waals surface area contributed by atoms with Gasteiger partial charge in [0.05, 0.1) is 30.9 Å². The van der Waals surface area contributed by atoms with Crippen LogP contribution in [0.5, 0.6) is 0 Å². The van der Waals surface area contributed by atoms with Gasteiger partial charge in [0.25, 0.3) is 0 Å². The van der Waals surface area contributed by atoms with E-state index >= 15 is 0 Å². The van der Waals surface area contributed by atoms with Gasteiger partial charge in [-0.15, -0.1) is 0 Å². The van der Waals surface area contributed by atoms with Gasteiger partial charge >= 0.3 is 0 Å². The third-order valence-electron chi connectivity index (χ3n) is 2.33. The second-order valence-electron chi connectivity index (χ2n) is 3.58. The lowest BCUT2D eigenvalue weighted by Crippen LogP contribution is -2.01. The van der Waals surface area contributed by atoms with Crippen LogP contribution in [-0.4, -0.2) is 9.97 Å². The number of hydrogen-bond acceptors (Lipinski definition) is 4. The van der Waals surface area contributed by atoms with Crippen LogP contribution in [0.1, 0.15) is 11.3 Å². The number of rotatable bonds is 4. The third kappa shape index (κ3) is 3.28. The minimum atomic E-state index is 0.449. The summed E-state index contributed by atoms with van der Waals surface area (Å²) in [5.74, 6) is 0. The molecule has 1 heterocycles. The molecule has 0 saturated heterocycles. The predicted molar refractivity (Wildman–Crippen MR) is 65.1 cm³/mol. The lowest BCUT2D eigenvalue weighted by Gasteiger charge is -2.05. The Morgan fingerprint density at radius 2 is 2.00 bits per heavy atom. The van der Waals surface area contributed by atoms with Gasteiger partial charge in [-0.2, -0.15) is 5.26 Å². The molecule has 0 atom stereocenters. The Balaban J connectivity index is 1.94. The van der Waals surface area contributed by atoms with Crippen molar-refractivity contribution < 1.29 is 0 Å². The van der Waals surface area contributed by atoms with Crippen LogP contribution in [0, 0.1) is 11.3 Å². The van der Waals surface area contributed by atoms with E-state index in [1.54, 1.807) is 18.6 Å². The number of benzene rings is 1. The largest absolute Gasteiger partial charge is 0.379 e. The fraction of sp³-hybridized carbons (Fsp3) is 0.154. The van der Waals surface area contributed by atoms with E-state index < -0.39 is 0 Å². The molecule has 2 rings (SSSR count). The Labute approximate surface area is 100.0 Å². The molecule has 0 unspecified atom stereocenters. The van der Waals surface area contributed by atoms with Crippen LogP contribution in [0.2, 0.25) is 0 Å². The van der Waals surface area contributed by atoms with Crippen LogP contribution in [0.3, 0.4) is 0 Å². The van der Waals surface area contributed by atoms with E-state index in [-0.39, 0.29) is 0 Å². The SMILES string of the molecule is N#CCc1ccc(NCc2cnccn2)cc1. The van der Waals surface area contributed by atoms with Gasteiger partial charge < -0.3 is 5.32 Å². The molecule has 0 fully saturated rings. The fourth-order valence-corrected chi connectivity index (χ4v) is 1.45. The second-order valence-corrected chi connectivity index (χ2v) is 3.58. The number of nitriles is 1. The maximum atomic E-state index is 8.56. The van der Waals surface area contributed by atoms with Gasteiger partial charge in [-0.05, 0) is 17.7 Å². The second kappa shape index (κ2) is 5.61. The Morgan fingerprint density at radius 1 is 1.18 bits per heavy atom. The zero-order chi connectivity index (χ0) is 11.9. The molecule has 0 bridgehead atoms. The van der Waals surface area contributed by atoms with Crippen molar-refractivity contribution in [1.29, 1.82) is 5.26 Å². The highest BCUT2D eigenvalue weighted by Gasteiger charge is 1.96. The summed E-state index contributed by atoms with van der Waals surface area (Å²) in [7, 11) is 0. The number of anilines is 1. The standard InChI is InChI=1S/C13H12N4/c14-6-5-11-1-3-12(4-2-11)17-10-13-9-15-7-8-16-13/h1-4,7-9,17H,5,10H2. The smallest absolute Gasteiger partial charge is 0.0777 e. The zero-order valence-corrected chi connectivity index (χ0v) is 9.30. The summed E-state index contributed by atoms with van der Waals surface area (Å²) in [6.45, 7) is 0.644. The summed E-state index contributed by atoms with van der Waals surface area (Å²) in [5, 5.41) is 11.8. The molecule has 4 nitrogen and oxygen atoms in total. The maximum Gasteiger partial charge on any atom is 0.0777 e. The van der Waals surface area contributed by atoms with Crippen LogP contribution in [0.4, 0.5) is 5.69 Å². The number of aromatic nitrogens is 2. The van der Waals surface area contributed by atoms with Gasteiger partial charge in [-0.1, -0.05) is 12.1 Å². The summed E-state index contributed by atoms with van der Waals surface area (Å²) in [6, 6.07) is 9.94. The number of nitrogens with one attached hydrogen (secondary N) is 1. The average molecular weight is 224 g/mol. The Hall–Kier alpha value is -2.41. The lowest BCUT2D eigenvalue weighted by atomic mass is 10.1. The summed E-state index contributed by atoms with van der Waals surface area (Å²) in [4.78, 5) is 8.17. The molecule has 0 saturated carbocycles. The van der Waals surface area contributed by atoms with Crippen molar-refractivity contribution >= 4 is 5.69 Å². The van der Waals surface area contributed by atoms with E-state index in [9.17, 15) is 0 Å². The Kier molecular flexibility index (Phi) is 3.66.